The van der Waals surface area contributed by atoms with E-state index in [2.05, 4.69) is 63.2 Å². The molecule has 1 saturated heterocycles. The van der Waals surface area contributed by atoms with E-state index in [-0.39, 0.29) is 0 Å². The van der Waals surface area contributed by atoms with E-state index in [1.54, 1.807) is 6.20 Å². The molecule has 6 nitrogen and oxygen atoms in total. The van der Waals surface area contributed by atoms with Gasteiger partial charge in [-0.25, -0.2) is 4.98 Å². The van der Waals surface area contributed by atoms with Crippen molar-refractivity contribution in [1.82, 2.24) is 19.4 Å². The van der Waals surface area contributed by atoms with Crippen molar-refractivity contribution in [3.8, 4) is 17.1 Å². The van der Waals surface area contributed by atoms with Crippen molar-refractivity contribution in [2.24, 2.45) is 10.9 Å². The maximum Gasteiger partial charge on any atom is 0.0900 e. The molecule has 4 aliphatic rings. The molecule has 0 bridgehead atoms. The minimum atomic E-state index is 0.603. The number of piperidine rings is 1. The molecular weight excluding hydrogens is 480 g/mol. The van der Waals surface area contributed by atoms with Crippen LogP contribution in [0.5, 0.6) is 0 Å². The number of likely N-dealkylation sites (tertiary alicyclic amines) is 1. The van der Waals surface area contributed by atoms with Gasteiger partial charge in [0.05, 0.1) is 45.0 Å². The van der Waals surface area contributed by atoms with E-state index in [9.17, 15) is 0 Å². The number of rotatable bonds is 5. The first kappa shape index (κ1) is 23.9. The molecule has 188 valence electrons. The largest absolute Gasteiger partial charge is 0.352 e. The molecule has 0 spiro atoms. The maximum absolute atomic E-state index is 6.24. The van der Waals surface area contributed by atoms with Gasteiger partial charge in [-0.2, -0.15) is 0 Å². The minimum Gasteiger partial charge on any atom is -0.352 e. The van der Waals surface area contributed by atoms with Crippen LogP contribution in [0.15, 0.2) is 65.9 Å². The summed E-state index contributed by atoms with van der Waals surface area (Å²) in [6, 6.07) is 16.3. The Kier molecular flexibility index (Phi) is 6.77. The van der Waals surface area contributed by atoms with Crippen LogP contribution in [-0.4, -0.2) is 46.1 Å². The number of nitrogens with one attached hydrogen (secondary N) is 1. The Bertz CT molecular complexity index is 1550. The number of pyridine rings is 1. The van der Waals surface area contributed by atoms with Crippen LogP contribution in [0.4, 0.5) is 11.4 Å². The zero-order chi connectivity index (χ0) is 25.2. The summed E-state index contributed by atoms with van der Waals surface area (Å²) in [5, 5.41) is 7.36. The first-order valence-corrected chi connectivity index (χ1v) is 13.4. The normalized spacial score (nSPS) is 16.8. The molecule has 2 aliphatic heterocycles. The molecule has 1 aromatic carbocycles. The van der Waals surface area contributed by atoms with Gasteiger partial charge in [-0.3, -0.25) is 9.98 Å². The predicted octanol–water partition coefficient (Wildman–Crippen LogP) is 4.37. The molecule has 0 radical (unpaired) electrons. The van der Waals surface area contributed by atoms with Crippen LogP contribution >= 0.6 is 11.6 Å². The molecule has 0 amide bonds. The van der Waals surface area contributed by atoms with Crippen LogP contribution in [0.25, 0.3) is 29.2 Å². The van der Waals surface area contributed by atoms with Gasteiger partial charge in [-0.05, 0) is 100 Å². The fraction of sp³-hybridized carbons (Fsp3) is 0.300. The molecule has 3 heterocycles. The average molecular weight is 511 g/mol. The van der Waals surface area contributed by atoms with E-state index < -0.39 is 0 Å². The SMILES string of the molecule is CN1CCC(CN=c2cc3n(-c4ccc(Cl)cc4)c4c(nc-3cc2Nc2cccnc2)=CCCC=4)CC1. The summed E-state index contributed by atoms with van der Waals surface area (Å²) < 4.78 is 2.30. The monoisotopic (exact) mass is 510 g/mol. The maximum atomic E-state index is 6.24. The molecule has 1 fully saturated rings. The highest BCUT2D eigenvalue weighted by Crippen LogP contribution is 2.24. The molecule has 1 aromatic heterocycles. The van der Waals surface area contributed by atoms with Crippen LogP contribution < -0.4 is 21.4 Å². The number of hydrogen-bond acceptors (Lipinski definition) is 5. The second-order valence-electron chi connectivity index (χ2n) is 9.99. The number of anilines is 2. The highest BCUT2D eigenvalue weighted by Gasteiger charge is 2.18. The molecule has 2 aromatic rings. The molecule has 6 rings (SSSR count). The van der Waals surface area contributed by atoms with Gasteiger partial charge < -0.3 is 14.8 Å². The van der Waals surface area contributed by atoms with Gasteiger partial charge in [0.2, 0.25) is 0 Å². The van der Waals surface area contributed by atoms with Crippen LogP contribution in [0.1, 0.15) is 25.7 Å². The standard InChI is InChI=1S/C30H31ClN6/c1-36-15-12-21(13-16-36)19-33-26-18-30-28(17-27(26)34-23-5-4-14-32-20-23)35-25-6-2-3-7-29(25)37(30)24-10-8-22(31)9-11-24/h4-11,14,17-18,20-21,34H,2-3,12-13,15-16,19H2,1H3. The van der Waals surface area contributed by atoms with Crippen LogP contribution in [0, 0.1) is 5.92 Å². The van der Waals surface area contributed by atoms with Gasteiger partial charge in [-0.15, -0.1) is 0 Å². The molecule has 1 N–H and O–H groups in total. The highest BCUT2D eigenvalue weighted by atomic mass is 35.5. The Labute approximate surface area is 222 Å². The third kappa shape index (κ3) is 5.17. The van der Waals surface area contributed by atoms with E-state index in [1.807, 2.05) is 30.5 Å². The number of fused-ring (bicyclic) bond motifs is 2. The number of aromatic nitrogens is 3. The van der Waals surface area contributed by atoms with Gasteiger partial charge in [0.25, 0.3) is 0 Å². The fourth-order valence-corrected chi connectivity index (χ4v) is 5.34. The first-order valence-electron chi connectivity index (χ1n) is 13.0. The van der Waals surface area contributed by atoms with Gasteiger partial charge in [0, 0.05) is 23.5 Å². The van der Waals surface area contributed by atoms with E-state index in [0.717, 1.165) is 82.0 Å². The second-order valence-corrected chi connectivity index (χ2v) is 10.4. The Morgan fingerprint density at radius 1 is 1.05 bits per heavy atom. The summed E-state index contributed by atoms with van der Waals surface area (Å²) >= 11 is 6.24. The Morgan fingerprint density at radius 2 is 1.86 bits per heavy atom. The lowest BCUT2D eigenvalue weighted by Gasteiger charge is -2.27. The number of hydrogen-bond donors (Lipinski definition) is 1. The molecule has 2 aliphatic carbocycles. The first-order chi connectivity index (χ1) is 18.1. The summed E-state index contributed by atoms with van der Waals surface area (Å²) in [4.78, 5) is 16.9. The van der Waals surface area contributed by atoms with Gasteiger partial charge >= 0.3 is 0 Å². The van der Waals surface area contributed by atoms with Gasteiger partial charge in [0.15, 0.2) is 0 Å². The van der Waals surface area contributed by atoms with Crippen molar-refractivity contribution in [2.75, 3.05) is 32.0 Å². The van der Waals surface area contributed by atoms with Crippen molar-refractivity contribution in [2.45, 2.75) is 25.7 Å². The number of nitrogens with zero attached hydrogens (tertiary/aromatic N) is 5. The van der Waals surface area contributed by atoms with Crippen molar-refractivity contribution in [3.05, 3.63) is 82.0 Å². The third-order valence-electron chi connectivity index (χ3n) is 7.30. The molecule has 37 heavy (non-hydrogen) atoms. The quantitative estimate of drug-likeness (QED) is 0.433. The molecule has 0 unspecified atom stereocenters. The number of halogens is 1. The van der Waals surface area contributed by atoms with Crippen LogP contribution in [0.2, 0.25) is 5.02 Å². The molecule has 0 atom stereocenters. The summed E-state index contributed by atoms with van der Waals surface area (Å²) in [7, 11) is 2.20. The molecular formula is C30H31ClN6. The fourth-order valence-electron chi connectivity index (χ4n) is 5.22. The third-order valence-corrected chi connectivity index (χ3v) is 7.56. The minimum absolute atomic E-state index is 0.603. The summed E-state index contributed by atoms with van der Waals surface area (Å²) in [5.74, 6) is 0.603. The molecule has 0 saturated carbocycles. The van der Waals surface area contributed by atoms with Crippen LogP contribution in [0.3, 0.4) is 0 Å². The summed E-state index contributed by atoms with van der Waals surface area (Å²) in [6.45, 7) is 3.09. The topological polar surface area (TPSA) is 58.3 Å². The lowest BCUT2D eigenvalue weighted by atomic mass is 9.97. The van der Waals surface area contributed by atoms with E-state index in [1.165, 1.54) is 12.8 Å². The zero-order valence-corrected chi connectivity index (χ0v) is 21.8. The summed E-state index contributed by atoms with van der Waals surface area (Å²) in [5.41, 5.74) is 4.90. The lowest BCUT2D eigenvalue weighted by molar-refractivity contribution is 0.223. The Morgan fingerprint density at radius 3 is 2.65 bits per heavy atom. The van der Waals surface area contributed by atoms with Crippen molar-refractivity contribution < 1.29 is 0 Å². The summed E-state index contributed by atoms with van der Waals surface area (Å²) in [6.07, 6.45) is 12.5. The number of benzene rings is 2. The van der Waals surface area contributed by atoms with Crippen molar-refractivity contribution >= 4 is 35.1 Å². The van der Waals surface area contributed by atoms with E-state index >= 15 is 0 Å². The predicted molar refractivity (Wildman–Crippen MR) is 151 cm³/mol. The van der Waals surface area contributed by atoms with Gasteiger partial charge in [-0.1, -0.05) is 23.8 Å². The van der Waals surface area contributed by atoms with Crippen molar-refractivity contribution in [3.63, 3.8) is 0 Å². The van der Waals surface area contributed by atoms with Gasteiger partial charge in [0.1, 0.15) is 0 Å². The zero-order valence-electron chi connectivity index (χ0n) is 21.1. The van der Waals surface area contributed by atoms with Crippen LogP contribution in [-0.2, 0) is 0 Å². The Balaban J connectivity index is 1.54. The van der Waals surface area contributed by atoms with E-state index in [0.29, 0.717) is 5.92 Å². The van der Waals surface area contributed by atoms with E-state index in [4.69, 9.17) is 21.6 Å². The smallest absolute Gasteiger partial charge is 0.0900 e. The van der Waals surface area contributed by atoms with Crippen molar-refractivity contribution in [1.29, 1.82) is 0 Å². The highest BCUT2D eigenvalue weighted by molar-refractivity contribution is 6.30. The lowest BCUT2D eigenvalue weighted by Crippen LogP contribution is -2.40. The molecule has 7 heteroatoms. The average Bonchev–Trinajstić information content (AvgIpc) is 2.93. The Hall–Kier alpha value is -3.48. The second kappa shape index (κ2) is 10.5.